The summed E-state index contributed by atoms with van der Waals surface area (Å²) in [6.07, 6.45) is 1.18. The van der Waals surface area contributed by atoms with Gasteiger partial charge < -0.3 is 20.1 Å². The van der Waals surface area contributed by atoms with Crippen molar-refractivity contribution >= 4 is 46.8 Å². The second kappa shape index (κ2) is 17.0. The van der Waals surface area contributed by atoms with Crippen LogP contribution in [0.3, 0.4) is 0 Å². The molecule has 46 heavy (non-hydrogen) atoms. The second-order valence-corrected chi connectivity index (χ2v) is 13.2. The Hall–Kier alpha value is -3.33. The van der Waals surface area contributed by atoms with Gasteiger partial charge in [0.05, 0.1) is 24.3 Å². The fourth-order valence-electron chi connectivity index (χ4n) is 5.84. The molecule has 5 rings (SSSR count). The number of alkyl carbamates (subject to hydrolysis) is 1. The first-order valence-electron chi connectivity index (χ1n) is 15.4. The third-order valence-corrected chi connectivity index (χ3v) is 9.99. The number of aryl methyl sites for hydroxylation is 1. The number of rotatable bonds is 13. The Morgan fingerprint density at radius 2 is 1.52 bits per heavy atom. The van der Waals surface area contributed by atoms with E-state index in [0.29, 0.717) is 10.0 Å². The summed E-state index contributed by atoms with van der Waals surface area (Å²) in [5, 5.41) is 7.64. The number of hydrogen-bond donors (Lipinski definition) is 2. The van der Waals surface area contributed by atoms with Crippen LogP contribution in [0.25, 0.3) is 0 Å². The normalized spacial score (nSPS) is 17.0. The molecule has 2 N–H and O–H groups in total. The third kappa shape index (κ3) is 9.36. The van der Waals surface area contributed by atoms with Crippen LogP contribution in [-0.4, -0.2) is 56.1 Å². The highest BCUT2D eigenvalue weighted by molar-refractivity contribution is 7.99. The van der Waals surface area contributed by atoms with E-state index in [4.69, 9.17) is 32.7 Å². The maximum absolute atomic E-state index is 14.2. The van der Waals surface area contributed by atoms with Gasteiger partial charge in [-0.05, 0) is 53.3 Å². The number of morpholine rings is 1. The number of benzene rings is 4. The highest BCUT2D eigenvalue weighted by Gasteiger charge is 2.33. The van der Waals surface area contributed by atoms with Crippen LogP contribution in [0.2, 0.25) is 10.0 Å². The summed E-state index contributed by atoms with van der Waals surface area (Å²) >= 11 is 14.1. The molecule has 1 aliphatic rings. The van der Waals surface area contributed by atoms with Gasteiger partial charge in [-0.15, -0.1) is 11.8 Å². The summed E-state index contributed by atoms with van der Waals surface area (Å²) in [4.78, 5) is 27.7. The van der Waals surface area contributed by atoms with Gasteiger partial charge in [0.2, 0.25) is 0 Å². The molecule has 0 spiro atoms. The Balaban J connectivity index is 1.27. The number of hydrogen-bond acceptors (Lipinski definition) is 6. The van der Waals surface area contributed by atoms with E-state index in [1.54, 1.807) is 17.8 Å². The first-order chi connectivity index (χ1) is 22.4. The molecule has 0 aromatic heterocycles. The van der Waals surface area contributed by atoms with Gasteiger partial charge in [-0.25, -0.2) is 4.79 Å². The van der Waals surface area contributed by atoms with Crippen molar-refractivity contribution in [3.05, 3.63) is 135 Å². The van der Waals surface area contributed by atoms with Gasteiger partial charge in [-0.1, -0.05) is 108 Å². The molecule has 240 valence electrons. The molecule has 6 nitrogen and oxygen atoms in total. The van der Waals surface area contributed by atoms with E-state index in [0.717, 1.165) is 58.8 Å². The molecule has 3 atom stereocenters. The Morgan fingerprint density at radius 3 is 2.17 bits per heavy atom. The van der Waals surface area contributed by atoms with Gasteiger partial charge in [0, 0.05) is 41.1 Å². The van der Waals surface area contributed by atoms with Crippen molar-refractivity contribution in [1.82, 2.24) is 10.6 Å². The minimum atomic E-state index is -0.830. The number of ketones is 1. The molecule has 0 saturated carbocycles. The van der Waals surface area contributed by atoms with Gasteiger partial charge in [0.1, 0.15) is 6.04 Å². The van der Waals surface area contributed by atoms with Crippen molar-refractivity contribution in [3.63, 3.8) is 0 Å². The number of nitrogens with one attached hydrogen (secondary N) is 2. The number of thioether (sulfide) groups is 1. The van der Waals surface area contributed by atoms with Gasteiger partial charge in [0.15, 0.2) is 5.78 Å². The zero-order valence-electron chi connectivity index (χ0n) is 25.7. The molecular formula is C37H38Cl2N2O4S. The number of halogens is 2. The minimum Gasteiger partial charge on any atom is -0.453 e. The summed E-state index contributed by atoms with van der Waals surface area (Å²) in [7, 11) is 1.31. The zero-order valence-corrected chi connectivity index (χ0v) is 28.0. The van der Waals surface area contributed by atoms with Crippen molar-refractivity contribution < 1.29 is 19.1 Å². The van der Waals surface area contributed by atoms with Crippen molar-refractivity contribution in [2.24, 2.45) is 0 Å². The summed E-state index contributed by atoms with van der Waals surface area (Å²) in [6, 6.07) is 32.3. The number of methoxy groups -OCH3 is 1. The molecule has 4 aromatic rings. The van der Waals surface area contributed by atoms with Crippen molar-refractivity contribution in [1.29, 1.82) is 0 Å². The van der Waals surface area contributed by atoms with E-state index >= 15 is 0 Å². The van der Waals surface area contributed by atoms with Crippen LogP contribution in [-0.2, 0) is 27.1 Å². The van der Waals surface area contributed by atoms with E-state index in [-0.39, 0.29) is 30.3 Å². The quantitative estimate of drug-likeness (QED) is 0.141. The molecule has 9 heteroatoms. The van der Waals surface area contributed by atoms with Crippen molar-refractivity contribution in [2.75, 3.05) is 26.0 Å². The molecule has 0 aliphatic carbocycles. The van der Waals surface area contributed by atoms with E-state index in [1.807, 2.05) is 91.0 Å². The molecule has 1 aliphatic heterocycles. The average Bonchev–Trinajstić information content (AvgIpc) is 3.08. The highest BCUT2D eigenvalue weighted by atomic mass is 35.5. The molecule has 0 bridgehead atoms. The summed E-state index contributed by atoms with van der Waals surface area (Å²) in [5.74, 6) is 0.290. The van der Waals surface area contributed by atoms with E-state index < -0.39 is 12.1 Å². The Labute approximate surface area is 285 Å². The number of carbonyl (C=O) groups excluding carboxylic acids is 2. The van der Waals surface area contributed by atoms with Crippen molar-refractivity contribution in [3.8, 4) is 0 Å². The lowest BCUT2D eigenvalue weighted by atomic mass is 9.81. The Kier molecular flexibility index (Phi) is 12.6. The lowest BCUT2D eigenvalue weighted by Crippen LogP contribution is -2.46. The van der Waals surface area contributed by atoms with Crippen LogP contribution < -0.4 is 10.6 Å². The number of Topliss-reactive ketones (excluding diaryl/α,β-unsaturated/α-hetero) is 1. The number of ether oxygens (including phenoxy) is 2. The molecule has 1 amide bonds. The van der Waals surface area contributed by atoms with Crippen LogP contribution in [0.5, 0.6) is 0 Å². The largest absolute Gasteiger partial charge is 0.453 e. The predicted octanol–water partition coefficient (Wildman–Crippen LogP) is 7.74. The molecular weight excluding hydrogens is 639 g/mol. The van der Waals surface area contributed by atoms with Crippen LogP contribution in [0.4, 0.5) is 4.79 Å². The summed E-state index contributed by atoms with van der Waals surface area (Å²) in [5.41, 5.74) is 3.91. The minimum absolute atomic E-state index is 0.0399. The zero-order chi connectivity index (χ0) is 32.3. The topological polar surface area (TPSA) is 76.7 Å². The van der Waals surface area contributed by atoms with Gasteiger partial charge in [-0.2, -0.15) is 0 Å². The lowest BCUT2D eigenvalue weighted by molar-refractivity contribution is -0.120. The number of amides is 1. The summed E-state index contributed by atoms with van der Waals surface area (Å²) < 4.78 is 11.4. The van der Waals surface area contributed by atoms with Crippen molar-refractivity contribution in [2.45, 2.75) is 48.3 Å². The Morgan fingerprint density at radius 1 is 0.891 bits per heavy atom. The highest BCUT2D eigenvalue weighted by Crippen LogP contribution is 2.32. The first kappa shape index (κ1) is 34.0. The monoisotopic (exact) mass is 676 g/mol. The predicted molar refractivity (Wildman–Crippen MR) is 186 cm³/mol. The van der Waals surface area contributed by atoms with Crippen LogP contribution in [0, 0.1) is 0 Å². The maximum Gasteiger partial charge on any atom is 0.407 e. The smallest absolute Gasteiger partial charge is 0.407 e. The van der Waals surface area contributed by atoms with Gasteiger partial charge in [-0.3, -0.25) is 4.79 Å². The Bertz CT molecular complexity index is 1550. The standard InChI is InChI=1S/C37H38Cl2N2O4S/c1-44-37(43)41-36(35(26-11-4-2-5-12-26)27-13-6-3-7-14-27)33(42)20-28-15-9-8-10-25(28)16-18-30-22-40-23-31(45-30)24-46-34-19-17-29(38)21-32(34)39/h2-15,17,19,21,30-31,35-36,40H,16,18,20,22-24H2,1H3,(H,41,43)/t30-,31+,36-/m1/s1. The first-order valence-corrected chi connectivity index (χ1v) is 17.1. The molecule has 0 unspecified atom stereocenters. The molecule has 1 saturated heterocycles. The van der Waals surface area contributed by atoms with E-state index in [9.17, 15) is 9.59 Å². The second-order valence-electron chi connectivity index (χ2n) is 11.3. The van der Waals surface area contributed by atoms with Crippen LogP contribution >= 0.6 is 35.0 Å². The molecule has 1 heterocycles. The maximum atomic E-state index is 14.2. The fraction of sp³-hybridized carbons (Fsp3) is 0.297. The summed E-state index contributed by atoms with van der Waals surface area (Å²) in [6.45, 7) is 1.54. The number of carbonyl (C=O) groups is 2. The average molecular weight is 678 g/mol. The van der Waals surface area contributed by atoms with E-state index in [1.165, 1.54) is 7.11 Å². The molecule has 0 radical (unpaired) electrons. The van der Waals surface area contributed by atoms with E-state index in [2.05, 4.69) is 16.7 Å². The van der Waals surface area contributed by atoms with Crippen LogP contribution in [0.15, 0.2) is 108 Å². The van der Waals surface area contributed by atoms with Gasteiger partial charge in [0.25, 0.3) is 0 Å². The van der Waals surface area contributed by atoms with Crippen LogP contribution in [0.1, 0.15) is 34.6 Å². The fourth-order valence-corrected chi connectivity index (χ4v) is 7.33. The molecule has 1 fully saturated rings. The van der Waals surface area contributed by atoms with Gasteiger partial charge >= 0.3 is 6.09 Å². The SMILES string of the molecule is COC(=O)N[C@H](C(=O)Cc1ccccc1CC[C@@H]1CNC[C@@H](CSc2ccc(Cl)cc2Cl)O1)C(c1ccccc1)c1ccccc1. The third-order valence-electron chi connectivity index (χ3n) is 8.12. The lowest BCUT2D eigenvalue weighted by Gasteiger charge is -2.31. The molecule has 4 aromatic carbocycles.